The summed E-state index contributed by atoms with van der Waals surface area (Å²) in [7, 11) is -3.80. The molecule has 3 rings (SSSR count). The van der Waals surface area contributed by atoms with E-state index < -0.39 is 21.7 Å². The minimum Gasteiger partial charge on any atom is -0.455 e. The van der Waals surface area contributed by atoms with Gasteiger partial charge in [0.15, 0.2) is 0 Å². The molecule has 1 heterocycles. The van der Waals surface area contributed by atoms with Crippen LogP contribution >= 0.6 is 34.5 Å². The number of hydrogen-bond acceptors (Lipinski definition) is 6. The molecule has 1 amide bonds. The fourth-order valence-electron chi connectivity index (χ4n) is 3.02. The van der Waals surface area contributed by atoms with Crippen molar-refractivity contribution in [3.8, 4) is 22.6 Å². The molecule has 0 fully saturated rings. The molecule has 0 spiro atoms. The zero-order chi connectivity index (χ0) is 25.6. The number of rotatable bonds is 9. The highest BCUT2D eigenvalue weighted by atomic mass is 35.5. The topological polar surface area (TPSA) is 93.7 Å². The van der Waals surface area contributed by atoms with Gasteiger partial charge in [0.05, 0.1) is 5.02 Å². The van der Waals surface area contributed by atoms with Crippen molar-refractivity contribution in [3.05, 3.63) is 64.0 Å². The zero-order valence-corrected chi connectivity index (χ0v) is 22.6. The summed E-state index contributed by atoms with van der Waals surface area (Å²) < 4.78 is 40.0. The number of ether oxygens (including phenoxy) is 2. The Morgan fingerprint density at radius 3 is 2.46 bits per heavy atom. The Morgan fingerprint density at radius 2 is 1.74 bits per heavy atom. The van der Waals surface area contributed by atoms with E-state index in [1.165, 1.54) is 0 Å². The molecule has 3 aromatic rings. The van der Waals surface area contributed by atoms with Crippen LogP contribution in [0.15, 0.2) is 58.1 Å². The highest BCUT2D eigenvalue weighted by Gasteiger charge is 2.23. The van der Waals surface area contributed by atoms with Gasteiger partial charge in [-0.2, -0.15) is 0 Å². The van der Waals surface area contributed by atoms with Crippen LogP contribution in [0.25, 0.3) is 11.1 Å². The van der Waals surface area contributed by atoms with E-state index in [1.807, 2.05) is 0 Å². The quantitative estimate of drug-likeness (QED) is 0.286. The Balaban J connectivity index is 1.70. The first kappa shape index (κ1) is 27.3. The molecule has 2 N–H and O–H groups in total. The van der Waals surface area contributed by atoms with E-state index in [-0.39, 0.29) is 17.3 Å². The largest absolute Gasteiger partial charge is 0.455 e. The Labute approximate surface area is 219 Å². The van der Waals surface area contributed by atoms with Gasteiger partial charge in [-0.25, -0.2) is 17.9 Å². The Morgan fingerprint density at radius 1 is 1.00 bits per heavy atom. The third kappa shape index (κ3) is 7.85. The van der Waals surface area contributed by atoms with E-state index >= 15 is 0 Å². The van der Waals surface area contributed by atoms with Crippen molar-refractivity contribution in [3.63, 3.8) is 0 Å². The number of halogens is 2. The first-order chi connectivity index (χ1) is 16.5. The lowest BCUT2D eigenvalue weighted by Crippen LogP contribution is -2.34. The van der Waals surface area contributed by atoms with Gasteiger partial charge in [-0.05, 0) is 62.9 Å². The SMILES string of the molecule is CC(C)(C)OC(=O)NCCCNS(=O)(=O)c1sccc1-c1ccccc1Oc1ccc(Cl)cc1Cl. The number of nitrogens with one attached hydrogen (secondary N) is 2. The third-order valence-electron chi connectivity index (χ3n) is 4.48. The zero-order valence-electron chi connectivity index (χ0n) is 19.4. The summed E-state index contributed by atoms with van der Waals surface area (Å²) in [5.41, 5.74) is 0.516. The van der Waals surface area contributed by atoms with Crippen LogP contribution in [0, 0.1) is 0 Å². The smallest absolute Gasteiger partial charge is 0.407 e. The van der Waals surface area contributed by atoms with Gasteiger partial charge in [0, 0.05) is 29.2 Å². The van der Waals surface area contributed by atoms with Crippen LogP contribution in [0.1, 0.15) is 27.2 Å². The van der Waals surface area contributed by atoms with Crippen LogP contribution in [-0.4, -0.2) is 33.2 Å². The van der Waals surface area contributed by atoms with Crippen LogP contribution in [0.3, 0.4) is 0 Å². The average Bonchev–Trinajstić information content (AvgIpc) is 3.25. The normalized spacial score (nSPS) is 11.8. The molecule has 35 heavy (non-hydrogen) atoms. The number of para-hydroxylation sites is 1. The Bertz CT molecular complexity index is 1290. The molecule has 188 valence electrons. The maximum atomic E-state index is 13.0. The lowest BCUT2D eigenvalue weighted by molar-refractivity contribution is 0.0527. The van der Waals surface area contributed by atoms with E-state index in [2.05, 4.69) is 10.0 Å². The van der Waals surface area contributed by atoms with Crippen molar-refractivity contribution in [1.29, 1.82) is 0 Å². The number of alkyl carbamates (subject to hydrolysis) is 1. The summed E-state index contributed by atoms with van der Waals surface area (Å²) >= 11 is 13.3. The molecule has 7 nitrogen and oxygen atoms in total. The molecule has 0 saturated carbocycles. The maximum absolute atomic E-state index is 13.0. The number of benzene rings is 2. The van der Waals surface area contributed by atoms with Crippen molar-refractivity contribution >= 4 is 50.7 Å². The highest BCUT2D eigenvalue weighted by molar-refractivity contribution is 7.91. The molecule has 0 unspecified atom stereocenters. The highest BCUT2D eigenvalue weighted by Crippen LogP contribution is 2.40. The van der Waals surface area contributed by atoms with Crippen molar-refractivity contribution in [1.82, 2.24) is 10.0 Å². The van der Waals surface area contributed by atoms with Gasteiger partial charge in [-0.3, -0.25) is 0 Å². The molecule has 0 aliphatic carbocycles. The molecular weight excluding hydrogens is 531 g/mol. The van der Waals surface area contributed by atoms with Gasteiger partial charge in [0.1, 0.15) is 21.3 Å². The molecule has 0 radical (unpaired) electrons. The van der Waals surface area contributed by atoms with Gasteiger partial charge in [0.2, 0.25) is 0 Å². The van der Waals surface area contributed by atoms with Gasteiger partial charge >= 0.3 is 6.09 Å². The summed E-state index contributed by atoms with van der Waals surface area (Å²) in [6.45, 7) is 5.73. The summed E-state index contributed by atoms with van der Waals surface area (Å²) in [5, 5.41) is 5.14. The molecule has 2 aromatic carbocycles. The lowest BCUT2D eigenvalue weighted by Gasteiger charge is -2.19. The van der Waals surface area contributed by atoms with Crippen molar-refractivity contribution in [2.45, 2.75) is 37.0 Å². The summed E-state index contributed by atoms with van der Waals surface area (Å²) in [6.07, 6.45) is -0.146. The van der Waals surface area contributed by atoms with Crippen molar-refractivity contribution in [2.24, 2.45) is 0 Å². The molecule has 0 saturated heterocycles. The Kier molecular flexibility index (Phi) is 9.06. The lowest BCUT2D eigenvalue weighted by atomic mass is 10.1. The number of hydrogen-bond donors (Lipinski definition) is 2. The van der Waals surface area contributed by atoms with Gasteiger partial charge in [-0.15, -0.1) is 11.3 Å². The van der Waals surface area contributed by atoms with E-state index in [0.29, 0.717) is 39.1 Å². The summed E-state index contributed by atoms with van der Waals surface area (Å²) in [4.78, 5) is 11.7. The monoisotopic (exact) mass is 556 g/mol. The second-order valence-electron chi connectivity index (χ2n) is 8.47. The van der Waals surface area contributed by atoms with Crippen LogP contribution in [0.4, 0.5) is 4.79 Å². The first-order valence-electron chi connectivity index (χ1n) is 10.7. The summed E-state index contributed by atoms with van der Waals surface area (Å²) in [5.74, 6) is 0.854. The predicted molar refractivity (Wildman–Crippen MR) is 140 cm³/mol. The number of carbonyl (C=O) groups excluding carboxylic acids is 1. The molecular formula is C24H26Cl2N2O5S2. The minimum absolute atomic E-state index is 0.147. The fourth-order valence-corrected chi connectivity index (χ4v) is 5.96. The number of sulfonamides is 1. The molecule has 0 bridgehead atoms. The minimum atomic E-state index is -3.80. The van der Waals surface area contributed by atoms with Crippen LogP contribution in [0.5, 0.6) is 11.5 Å². The first-order valence-corrected chi connectivity index (χ1v) is 13.8. The molecule has 0 aliphatic heterocycles. The van der Waals surface area contributed by atoms with E-state index in [1.54, 1.807) is 74.7 Å². The molecule has 1 aromatic heterocycles. The van der Waals surface area contributed by atoms with E-state index in [0.717, 1.165) is 11.3 Å². The number of thiophene rings is 1. The second kappa shape index (κ2) is 11.6. The van der Waals surface area contributed by atoms with E-state index in [9.17, 15) is 13.2 Å². The fraction of sp³-hybridized carbons (Fsp3) is 0.292. The number of carbonyl (C=O) groups is 1. The molecule has 0 aliphatic rings. The van der Waals surface area contributed by atoms with E-state index in [4.69, 9.17) is 32.7 Å². The Hall–Kier alpha value is -2.30. The van der Waals surface area contributed by atoms with Crippen molar-refractivity contribution in [2.75, 3.05) is 13.1 Å². The third-order valence-corrected chi connectivity index (χ3v) is 7.95. The average molecular weight is 558 g/mol. The van der Waals surface area contributed by atoms with Crippen LogP contribution < -0.4 is 14.8 Å². The van der Waals surface area contributed by atoms with Gasteiger partial charge in [0.25, 0.3) is 10.0 Å². The predicted octanol–water partition coefficient (Wildman–Crippen LogP) is 6.71. The maximum Gasteiger partial charge on any atom is 0.407 e. The van der Waals surface area contributed by atoms with Gasteiger partial charge < -0.3 is 14.8 Å². The van der Waals surface area contributed by atoms with Gasteiger partial charge in [-0.1, -0.05) is 41.4 Å². The molecule has 0 atom stereocenters. The second-order valence-corrected chi connectivity index (χ2v) is 12.2. The van der Waals surface area contributed by atoms with Crippen LogP contribution in [-0.2, 0) is 14.8 Å². The standard InChI is InChI=1S/C24H26Cl2N2O5S2/c1-24(2,3)33-23(29)27-12-6-13-28-35(30,31)22-18(11-14-34-22)17-7-4-5-8-20(17)32-21-10-9-16(25)15-19(21)26/h4-5,7-11,14-15,28H,6,12-13H2,1-3H3,(H,27,29). The number of amides is 1. The summed E-state index contributed by atoms with van der Waals surface area (Å²) in [6, 6.07) is 13.7. The van der Waals surface area contributed by atoms with Crippen molar-refractivity contribution < 1.29 is 22.7 Å². The molecule has 11 heteroatoms. The van der Waals surface area contributed by atoms with Crippen LogP contribution in [0.2, 0.25) is 10.0 Å².